The average Bonchev–Trinajstić information content (AvgIpc) is 3.23. The van der Waals surface area contributed by atoms with Gasteiger partial charge < -0.3 is 40.9 Å². The molecule has 0 fully saturated rings. The fraction of sp³-hybridized carbons (Fsp3) is 0.458. The largest absolute Gasteiger partial charge is 0.393 e. The number of aliphatic hydroxyl groups excluding tert-OH is 8. The summed E-state index contributed by atoms with van der Waals surface area (Å²) >= 11 is 0. The highest BCUT2D eigenvalue weighted by atomic mass is 16.3. The van der Waals surface area contributed by atoms with Gasteiger partial charge in [0.05, 0.1) is 60.2 Å². The van der Waals surface area contributed by atoms with Crippen molar-refractivity contribution in [2.24, 2.45) is 0 Å². The third kappa shape index (κ3) is 17.4. The second kappa shape index (κ2) is 24.7. The molecular formula is C48H64N2O8. The van der Waals surface area contributed by atoms with Crippen LogP contribution in [0.15, 0.2) is 85.2 Å². The lowest BCUT2D eigenvalue weighted by Crippen LogP contribution is -2.15. The maximum Gasteiger partial charge on any atom is 0.0892 e. The molecule has 8 atom stereocenters. The van der Waals surface area contributed by atoms with Crippen LogP contribution in [0.2, 0.25) is 0 Å². The molecule has 0 amide bonds. The van der Waals surface area contributed by atoms with E-state index in [0.29, 0.717) is 77.0 Å². The predicted octanol–water partition coefficient (Wildman–Crippen LogP) is 7.44. The average molecular weight is 797 g/mol. The fourth-order valence-corrected chi connectivity index (χ4v) is 6.67. The highest BCUT2D eigenvalue weighted by Gasteiger charge is 2.16. The van der Waals surface area contributed by atoms with Crippen molar-refractivity contribution < 1.29 is 40.9 Å². The van der Waals surface area contributed by atoms with Gasteiger partial charge in [-0.15, -0.1) is 0 Å². The van der Waals surface area contributed by atoms with Crippen molar-refractivity contribution in [2.75, 3.05) is 0 Å². The summed E-state index contributed by atoms with van der Waals surface area (Å²) in [5, 5.41) is 80.9. The minimum absolute atomic E-state index is 0.416. The first-order valence-electron chi connectivity index (χ1n) is 20.8. The molecule has 314 valence electrons. The third-order valence-electron chi connectivity index (χ3n) is 10.5. The van der Waals surface area contributed by atoms with E-state index < -0.39 is 48.8 Å². The quantitative estimate of drug-likeness (QED) is 0.0335. The third-order valence-corrected chi connectivity index (χ3v) is 10.5. The number of benzene rings is 2. The zero-order chi connectivity index (χ0) is 41.9. The molecule has 10 heteroatoms. The first-order valence-corrected chi connectivity index (χ1v) is 20.8. The van der Waals surface area contributed by atoms with Gasteiger partial charge in [-0.3, -0.25) is 9.97 Å². The molecular weight excluding hydrogens is 733 g/mol. The molecule has 8 unspecified atom stereocenters. The van der Waals surface area contributed by atoms with Gasteiger partial charge in [0.2, 0.25) is 0 Å². The smallest absolute Gasteiger partial charge is 0.0892 e. The minimum atomic E-state index is -0.697. The van der Waals surface area contributed by atoms with E-state index in [9.17, 15) is 40.9 Å². The van der Waals surface area contributed by atoms with E-state index in [1.807, 2.05) is 97.1 Å². The summed E-state index contributed by atoms with van der Waals surface area (Å²) in [5.74, 6) is 0. The van der Waals surface area contributed by atoms with Crippen LogP contribution in [0, 0.1) is 0 Å². The van der Waals surface area contributed by atoms with E-state index in [1.54, 1.807) is 26.2 Å². The molecule has 0 aliphatic heterocycles. The Kier molecular flexibility index (Phi) is 19.9. The highest BCUT2D eigenvalue weighted by Crippen LogP contribution is 2.25. The summed E-state index contributed by atoms with van der Waals surface area (Å²) in [6.07, 6.45) is 12.5. The molecule has 4 rings (SSSR count). The van der Waals surface area contributed by atoms with Crippen molar-refractivity contribution in [1.82, 2.24) is 9.97 Å². The normalized spacial score (nSPS) is 16.2. The van der Waals surface area contributed by atoms with Crippen LogP contribution in [0.25, 0.3) is 35.7 Å². The molecule has 0 bridgehead atoms. The van der Waals surface area contributed by atoms with Crippen LogP contribution >= 0.6 is 0 Å². The Morgan fingerprint density at radius 2 is 0.672 bits per heavy atom. The SMILES string of the molecule is CC(O)CCC(O)CCC(O)CCC(O)c1ccc(/C=C/c2ccnc(-c3cc(/C=C/c4ccc(C(O)CCC(O)CCC(O)CCC(C)O)cc4)ccn3)c2)cc1. The Labute approximate surface area is 344 Å². The lowest BCUT2D eigenvalue weighted by Gasteiger charge is -2.17. The number of hydrogen-bond acceptors (Lipinski definition) is 10. The van der Waals surface area contributed by atoms with E-state index in [2.05, 4.69) is 9.97 Å². The second-order valence-electron chi connectivity index (χ2n) is 15.8. The van der Waals surface area contributed by atoms with Crippen molar-refractivity contribution in [3.05, 3.63) is 119 Å². The summed E-state index contributed by atoms with van der Waals surface area (Å²) in [5.41, 5.74) is 6.90. The molecule has 0 radical (unpaired) electrons. The molecule has 2 heterocycles. The number of pyridine rings is 2. The molecule has 8 N–H and O–H groups in total. The Bertz CT molecular complexity index is 1680. The monoisotopic (exact) mass is 796 g/mol. The van der Waals surface area contributed by atoms with Gasteiger partial charge in [0.15, 0.2) is 0 Å². The van der Waals surface area contributed by atoms with Gasteiger partial charge in [-0.2, -0.15) is 0 Å². The minimum Gasteiger partial charge on any atom is -0.393 e. The Morgan fingerprint density at radius 1 is 0.379 bits per heavy atom. The summed E-state index contributed by atoms with van der Waals surface area (Å²) in [6, 6.07) is 23.2. The lowest BCUT2D eigenvalue weighted by molar-refractivity contribution is 0.0782. The van der Waals surface area contributed by atoms with Crippen molar-refractivity contribution in [2.45, 2.75) is 140 Å². The predicted molar refractivity (Wildman–Crippen MR) is 231 cm³/mol. The zero-order valence-corrected chi connectivity index (χ0v) is 34.0. The van der Waals surface area contributed by atoms with Crippen LogP contribution in [-0.4, -0.2) is 87.4 Å². The molecule has 4 aromatic rings. The molecule has 2 aromatic heterocycles. The van der Waals surface area contributed by atoms with Crippen LogP contribution < -0.4 is 0 Å². The van der Waals surface area contributed by atoms with Crippen LogP contribution in [0.5, 0.6) is 0 Å². The zero-order valence-electron chi connectivity index (χ0n) is 34.0. The number of aromatic nitrogens is 2. The summed E-state index contributed by atoms with van der Waals surface area (Å²) in [7, 11) is 0. The molecule has 0 aliphatic rings. The molecule has 0 aliphatic carbocycles. The number of nitrogens with zero attached hydrogens (tertiary/aromatic N) is 2. The van der Waals surface area contributed by atoms with Gasteiger partial charge in [0.1, 0.15) is 0 Å². The van der Waals surface area contributed by atoms with Crippen LogP contribution in [0.3, 0.4) is 0 Å². The van der Waals surface area contributed by atoms with E-state index in [1.165, 1.54) is 0 Å². The van der Waals surface area contributed by atoms with E-state index in [-0.39, 0.29) is 0 Å². The number of hydrogen-bond donors (Lipinski definition) is 8. The van der Waals surface area contributed by atoms with Gasteiger partial charge in [-0.1, -0.05) is 72.8 Å². The maximum atomic E-state index is 10.7. The number of rotatable bonds is 25. The Balaban J connectivity index is 1.24. The standard InChI is InChI=1S/C48H64N2O8/c1-33(51)3-17-41(53)19-21-43(55)23-25-47(57)39-13-9-35(10-14-39)5-7-37-27-29-49-45(31-37)46-32-38(28-30-50-46)8-6-36-11-15-40(16-12-36)48(58)26-24-44(56)22-20-42(54)18-4-34(2)52/h5-16,27-34,41-44,47-48,51-58H,3-4,17-26H2,1-2H3/b7-5+,8-6+. The van der Waals surface area contributed by atoms with E-state index in [4.69, 9.17) is 0 Å². The molecule has 2 aromatic carbocycles. The van der Waals surface area contributed by atoms with Gasteiger partial charge in [0, 0.05) is 12.4 Å². The van der Waals surface area contributed by atoms with Crippen molar-refractivity contribution in [3.63, 3.8) is 0 Å². The van der Waals surface area contributed by atoms with Crippen molar-refractivity contribution in [3.8, 4) is 11.4 Å². The molecule has 0 saturated carbocycles. The second-order valence-corrected chi connectivity index (χ2v) is 15.8. The van der Waals surface area contributed by atoms with Crippen LogP contribution in [-0.2, 0) is 0 Å². The molecule has 58 heavy (non-hydrogen) atoms. The Morgan fingerprint density at radius 3 is 1.00 bits per heavy atom. The van der Waals surface area contributed by atoms with Gasteiger partial charge in [0.25, 0.3) is 0 Å². The first kappa shape index (κ1) is 46.6. The van der Waals surface area contributed by atoms with Crippen LogP contribution in [0.1, 0.15) is 136 Å². The Hall–Kier alpha value is -4.10. The molecule has 10 nitrogen and oxygen atoms in total. The lowest BCUT2D eigenvalue weighted by atomic mass is 9.98. The molecule has 0 saturated heterocycles. The van der Waals surface area contributed by atoms with Crippen molar-refractivity contribution >= 4 is 24.3 Å². The van der Waals surface area contributed by atoms with Gasteiger partial charge in [-0.05, 0) is 149 Å². The van der Waals surface area contributed by atoms with Crippen molar-refractivity contribution in [1.29, 1.82) is 0 Å². The molecule has 0 spiro atoms. The van der Waals surface area contributed by atoms with Gasteiger partial charge >= 0.3 is 0 Å². The topological polar surface area (TPSA) is 188 Å². The summed E-state index contributed by atoms with van der Waals surface area (Å²) in [6.45, 7) is 3.39. The summed E-state index contributed by atoms with van der Waals surface area (Å²) in [4.78, 5) is 9.11. The number of aliphatic hydroxyl groups is 8. The maximum absolute atomic E-state index is 10.7. The summed E-state index contributed by atoms with van der Waals surface area (Å²) < 4.78 is 0. The van der Waals surface area contributed by atoms with Crippen LogP contribution in [0.4, 0.5) is 0 Å². The van der Waals surface area contributed by atoms with Gasteiger partial charge in [-0.25, -0.2) is 0 Å². The highest BCUT2D eigenvalue weighted by molar-refractivity contribution is 5.74. The van der Waals surface area contributed by atoms with E-state index >= 15 is 0 Å². The van der Waals surface area contributed by atoms with E-state index in [0.717, 1.165) is 44.8 Å². The fourth-order valence-electron chi connectivity index (χ4n) is 6.67. The first-order chi connectivity index (χ1) is 27.8.